The minimum absolute atomic E-state index is 0.106. The fourth-order valence-corrected chi connectivity index (χ4v) is 1.02. The normalized spacial score (nSPS) is 9.67. The standard InChI is InChI=1S/C8H8N2O5/c1-2-15-8(12)5-3-7(10(13)14)6(4-11)9-5/h3-4,9H,2H2,1H3. The maximum Gasteiger partial charge on any atom is 0.355 e. The van der Waals surface area contributed by atoms with Crippen LogP contribution in [0, 0.1) is 10.1 Å². The number of rotatable bonds is 4. The zero-order valence-corrected chi connectivity index (χ0v) is 7.85. The molecule has 0 unspecified atom stereocenters. The summed E-state index contributed by atoms with van der Waals surface area (Å²) in [6.07, 6.45) is 0.279. The van der Waals surface area contributed by atoms with Crippen molar-refractivity contribution in [2.75, 3.05) is 6.61 Å². The summed E-state index contributed by atoms with van der Waals surface area (Å²) in [5.74, 6) is -0.728. The number of aromatic nitrogens is 1. The van der Waals surface area contributed by atoms with Crippen molar-refractivity contribution in [3.05, 3.63) is 27.6 Å². The van der Waals surface area contributed by atoms with Gasteiger partial charge in [0.2, 0.25) is 0 Å². The number of hydrogen-bond acceptors (Lipinski definition) is 5. The SMILES string of the molecule is CCOC(=O)c1cc([N+](=O)[O-])c(C=O)[nH]1. The van der Waals surface area contributed by atoms with Crippen molar-refractivity contribution in [2.45, 2.75) is 6.92 Å². The van der Waals surface area contributed by atoms with E-state index in [9.17, 15) is 19.7 Å². The molecule has 0 aliphatic carbocycles. The summed E-state index contributed by atoms with van der Waals surface area (Å²) in [7, 11) is 0. The minimum atomic E-state index is -0.747. The van der Waals surface area contributed by atoms with Crippen LogP contribution in [-0.2, 0) is 4.74 Å². The summed E-state index contributed by atoms with van der Waals surface area (Å²) in [5.41, 5.74) is -0.790. The minimum Gasteiger partial charge on any atom is -0.461 e. The van der Waals surface area contributed by atoms with Crippen LogP contribution in [0.25, 0.3) is 0 Å². The molecule has 0 aromatic carbocycles. The molecule has 0 saturated heterocycles. The topological polar surface area (TPSA) is 102 Å². The Morgan fingerprint density at radius 3 is 2.80 bits per heavy atom. The van der Waals surface area contributed by atoms with E-state index in [0.717, 1.165) is 6.07 Å². The number of nitro groups is 1. The lowest BCUT2D eigenvalue weighted by Crippen LogP contribution is -2.04. The van der Waals surface area contributed by atoms with Gasteiger partial charge in [0, 0.05) is 6.07 Å². The quantitative estimate of drug-likeness (QED) is 0.346. The molecule has 1 rings (SSSR count). The number of ether oxygens (including phenoxy) is 1. The maximum absolute atomic E-state index is 11.2. The number of carbonyl (C=O) groups excluding carboxylic acids is 2. The van der Waals surface area contributed by atoms with Crippen molar-refractivity contribution in [3.63, 3.8) is 0 Å². The van der Waals surface area contributed by atoms with E-state index in [0.29, 0.717) is 0 Å². The summed E-state index contributed by atoms with van der Waals surface area (Å²) in [4.78, 5) is 33.6. The summed E-state index contributed by atoms with van der Waals surface area (Å²) in [6, 6.07) is 0.974. The number of esters is 1. The molecular weight excluding hydrogens is 204 g/mol. The van der Waals surface area contributed by atoms with Crippen molar-refractivity contribution in [3.8, 4) is 0 Å². The molecule has 80 valence electrons. The smallest absolute Gasteiger partial charge is 0.355 e. The van der Waals surface area contributed by atoms with Crippen molar-refractivity contribution >= 4 is 17.9 Å². The number of nitrogens with zero attached hydrogens (tertiary/aromatic N) is 1. The first-order valence-electron chi connectivity index (χ1n) is 4.09. The zero-order chi connectivity index (χ0) is 11.4. The third kappa shape index (κ3) is 2.19. The number of aromatic amines is 1. The van der Waals surface area contributed by atoms with Gasteiger partial charge in [-0.25, -0.2) is 4.79 Å². The molecule has 0 saturated carbocycles. The van der Waals surface area contributed by atoms with Gasteiger partial charge in [-0.05, 0) is 6.92 Å². The molecule has 0 aliphatic heterocycles. The molecule has 1 aromatic heterocycles. The Labute approximate surface area is 84.2 Å². The van der Waals surface area contributed by atoms with Gasteiger partial charge in [0.25, 0.3) is 5.69 Å². The molecule has 0 atom stereocenters. The lowest BCUT2D eigenvalue weighted by Gasteiger charge is -1.96. The molecule has 1 N–H and O–H groups in total. The van der Waals surface area contributed by atoms with E-state index in [-0.39, 0.29) is 24.3 Å². The molecule has 0 amide bonds. The van der Waals surface area contributed by atoms with Crippen LogP contribution >= 0.6 is 0 Å². The molecule has 1 aromatic rings. The molecule has 7 nitrogen and oxygen atoms in total. The molecule has 0 aliphatic rings. The zero-order valence-electron chi connectivity index (χ0n) is 7.85. The van der Waals surface area contributed by atoms with E-state index in [1.165, 1.54) is 0 Å². The second kappa shape index (κ2) is 4.36. The van der Waals surface area contributed by atoms with Crippen LogP contribution in [0.4, 0.5) is 5.69 Å². The fraction of sp³-hybridized carbons (Fsp3) is 0.250. The Balaban J connectivity index is 3.07. The molecule has 0 radical (unpaired) electrons. The molecule has 0 bridgehead atoms. The van der Waals surface area contributed by atoms with Gasteiger partial charge in [-0.1, -0.05) is 0 Å². The number of H-pyrrole nitrogens is 1. The van der Waals surface area contributed by atoms with Gasteiger partial charge >= 0.3 is 5.97 Å². The largest absolute Gasteiger partial charge is 0.461 e. The Morgan fingerprint density at radius 1 is 1.73 bits per heavy atom. The molecule has 15 heavy (non-hydrogen) atoms. The van der Waals surface area contributed by atoms with E-state index >= 15 is 0 Å². The van der Waals surface area contributed by atoms with Crippen LogP contribution in [0.1, 0.15) is 27.9 Å². The van der Waals surface area contributed by atoms with Gasteiger partial charge in [0.05, 0.1) is 11.5 Å². The highest BCUT2D eigenvalue weighted by Crippen LogP contribution is 2.18. The molecular formula is C8H8N2O5. The van der Waals surface area contributed by atoms with Crippen LogP contribution in [0.5, 0.6) is 0 Å². The van der Waals surface area contributed by atoms with E-state index in [1.54, 1.807) is 6.92 Å². The van der Waals surface area contributed by atoms with E-state index in [4.69, 9.17) is 0 Å². The first kappa shape index (κ1) is 10.9. The predicted molar refractivity (Wildman–Crippen MR) is 48.8 cm³/mol. The van der Waals surface area contributed by atoms with Crippen LogP contribution in [0.15, 0.2) is 6.07 Å². The Hall–Kier alpha value is -2.18. The number of aldehydes is 1. The first-order valence-corrected chi connectivity index (χ1v) is 4.09. The third-order valence-corrected chi connectivity index (χ3v) is 1.64. The lowest BCUT2D eigenvalue weighted by molar-refractivity contribution is -0.384. The van der Waals surface area contributed by atoms with Crippen LogP contribution in [-0.4, -0.2) is 28.8 Å². The molecule has 1 heterocycles. The van der Waals surface area contributed by atoms with Gasteiger partial charge in [-0.3, -0.25) is 14.9 Å². The fourth-order valence-electron chi connectivity index (χ4n) is 1.02. The second-order valence-corrected chi connectivity index (χ2v) is 2.58. The second-order valence-electron chi connectivity index (χ2n) is 2.58. The van der Waals surface area contributed by atoms with E-state index < -0.39 is 16.6 Å². The van der Waals surface area contributed by atoms with Crippen LogP contribution in [0.3, 0.4) is 0 Å². The average Bonchev–Trinajstić information content (AvgIpc) is 2.61. The summed E-state index contributed by atoms with van der Waals surface area (Å²) >= 11 is 0. The van der Waals surface area contributed by atoms with Crippen LogP contribution < -0.4 is 0 Å². The summed E-state index contributed by atoms with van der Waals surface area (Å²) in [5, 5.41) is 10.4. The van der Waals surface area contributed by atoms with E-state index in [1.807, 2.05) is 0 Å². The highest BCUT2D eigenvalue weighted by Gasteiger charge is 2.21. The third-order valence-electron chi connectivity index (χ3n) is 1.64. The van der Waals surface area contributed by atoms with Crippen LogP contribution in [0.2, 0.25) is 0 Å². The average molecular weight is 212 g/mol. The molecule has 7 heteroatoms. The highest BCUT2D eigenvalue weighted by atomic mass is 16.6. The van der Waals surface area contributed by atoms with Gasteiger partial charge < -0.3 is 9.72 Å². The van der Waals surface area contributed by atoms with E-state index in [2.05, 4.69) is 9.72 Å². The molecule has 0 spiro atoms. The summed E-state index contributed by atoms with van der Waals surface area (Å²) in [6.45, 7) is 1.76. The maximum atomic E-state index is 11.2. The Morgan fingerprint density at radius 2 is 2.40 bits per heavy atom. The Kier molecular flexibility index (Phi) is 3.17. The van der Waals surface area contributed by atoms with Crippen molar-refractivity contribution in [1.29, 1.82) is 0 Å². The monoisotopic (exact) mass is 212 g/mol. The van der Waals surface area contributed by atoms with Crippen molar-refractivity contribution < 1.29 is 19.2 Å². The summed E-state index contributed by atoms with van der Waals surface area (Å²) < 4.78 is 4.61. The number of nitrogens with one attached hydrogen (secondary N) is 1. The van der Waals surface area contributed by atoms with Gasteiger partial charge in [-0.15, -0.1) is 0 Å². The van der Waals surface area contributed by atoms with Gasteiger partial charge in [0.15, 0.2) is 12.0 Å². The lowest BCUT2D eigenvalue weighted by atomic mass is 10.4. The van der Waals surface area contributed by atoms with Gasteiger partial charge in [0.1, 0.15) is 5.69 Å². The molecule has 0 fully saturated rings. The van der Waals surface area contributed by atoms with Crippen molar-refractivity contribution in [2.24, 2.45) is 0 Å². The Bertz CT molecular complexity index is 409. The number of carbonyl (C=O) groups is 2. The number of hydrogen-bond donors (Lipinski definition) is 1. The van der Waals surface area contributed by atoms with Crippen molar-refractivity contribution in [1.82, 2.24) is 4.98 Å². The van der Waals surface area contributed by atoms with Gasteiger partial charge in [-0.2, -0.15) is 0 Å². The first-order chi connectivity index (χ1) is 7.10. The highest BCUT2D eigenvalue weighted by molar-refractivity contribution is 5.91. The predicted octanol–water partition coefficient (Wildman–Crippen LogP) is 0.912.